The Morgan fingerprint density at radius 2 is 1.79 bits per heavy atom. The SMILES string of the molecule is CC(C)(C)OC(=O)N1C[C@@H]2CC(F)(F)CN2c2cc(N3CCC4(CC3)CC(N)c3ccc(F)cc34)ccc21. The molecule has 2 fully saturated rings. The van der Waals surface area contributed by atoms with Crippen molar-refractivity contribution in [3.8, 4) is 0 Å². The lowest BCUT2D eigenvalue weighted by Crippen LogP contribution is -2.49. The Morgan fingerprint density at radius 1 is 1.05 bits per heavy atom. The van der Waals surface area contributed by atoms with E-state index in [2.05, 4.69) is 4.90 Å². The van der Waals surface area contributed by atoms with Crippen LogP contribution in [0.1, 0.15) is 63.6 Å². The smallest absolute Gasteiger partial charge is 0.414 e. The highest BCUT2D eigenvalue weighted by molar-refractivity contribution is 5.95. The Labute approximate surface area is 221 Å². The fourth-order valence-corrected chi connectivity index (χ4v) is 6.93. The molecule has 38 heavy (non-hydrogen) atoms. The molecule has 1 unspecified atom stereocenters. The summed E-state index contributed by atoms with van der Waals surface area (Å²) in [6, 6.07) is 10.1. The van der Waals surface area contributed by atoms with E-state index in [-0.39, 0.29) is 36.8 Å². The monoisotopic (exact) mass is 528 g/mol. The molecule has 3 aliphatic heterocycles. The number of anilines is 3. The second-order valence-corrected chi connectivity index (χ2v) is 12.4. The van der Waals surface area contributed by atoms with Crippen LogP contribution in [0.5, 0.6) is 0 Å². The topological polar surface area (TPSA) is 62.0 Å². The van der Waals surface area contributed by atoms with Gasteiger partial charge in [-0.25, -0.2) is 18.0 Å². The lowest BCUT2D eigenvalue weighted by molar-refractivity contribution is 0.0223. The maximum Gasteiger partial charge on any atom is 0.414 e. The number of carbonyl (C=O) groups is 1. The van der Waals surface area contributed by atoms with E-state index in [1.807, 2.05) is 24.3 Å². The Hall–Kier alpha value is -2.94. The normalized spacial score (nSPS) is 25.3. The largest absolute Gasteiger partial charge is 0.443 e. The van der Waals surface area contributed by atoms with E-state index < -0.39 is 23.7 Å². The first-order valence-corrected chi connectivity index (χ1v) is 13.4. The van der Waals surface area contributed by atoms with Gasteiger partial charge in [-0.05, 0) is 81.5 Å². The summed E-state index contributed by atoms with van der Waals surface area (Å²) in [7, 11) is 0. The van der Waals surface area contributed by atoms with Gasteiger partial charge in [-0.15, -0.1) is 0 Å². The van der Waals surface area contributed by atoms with Crippen LogP contribution in [0.15, 0.2) is 36.4 Å². The van der Waals surface area contributed by atoms with Gasteiger partial charge in [-0.3, -0.25) is 4.90 Å². The van der Waals surface area contributed by atoms with Crippen molar-refractivity contribution in [2.75, 3.05) is 40.9 Å². The first kappa shape index (κ1) is 25.3. The third-order valence-corrected chi connectivity index (χ3v) is 8.63. The number of amides is 1. The number of hydrogen-bond acceptors (Lipinski definition) is 5. The highest BCUT2D eigenvalue weighted by atomic mass is 19.3. The van der Waals surface area contributed by atoms with Crippen molar-refractivity contribution in [2.45, 2.75) is 75.5 Å². The number of hydrogen-bond donors (Lipinski definition) is 1. The van der Waals surface area contributed by atoms with Crippen LogP contribution in [0, 0.1) is 5.82 Å². The van der Waals surface area contributed by atoms with Gasteiger partial charge in [0.2, 0.25) is 0 Å². The van der Waals surface area contributed by atoms with Crippen molar-refractivity contribution in [3.63, 3.8) is 0 Å². The van der Waals surface area contributed by atoms with E-state index in [0.717, 1.165) is 49.2 Å². The number of alkyl halides is 2. The van der Waals surface area contributed by atoms with E-state index in [4.69, 9.17) is 10.5 Å². The summed E-state index contributed by atoms with van der Waals surface area (Å²) in [6.45, 7) is 6.68. The van der Waals surface area contributed by atoms with Crippen molar-refractivity contribution in [3.05, 3.63) is 53.3 Å². The lowest BCUT2D eigenvalue weighted by Gasteiger charge is -2.43. The summed E-state index contributed by atoms with van der Waals surface area (Å²) in [5.41, 5.74) is 9.82. The molecule has 3 heterocycles. The molecule has 0 bridgehead atoms. The molecule has 1 aliphatic carbocycles. The van der Waals surface area contributed by atoms with Crippen molar-refractivity contribution in [1.82, 2.24) is 0 Å². The minimum Gasteiger partial charge on any atom is -0.443 e. The van der Waals surface area contributed by atoms with Crippen LogP contribution < -0.4 is 20.4 Å². The zero-order valence-electron chi connectivity index (χ0n) is 22.1. The van der Waals surface area contributed by atoms with Gasteiger partial charge in [0, 0.05) is 43.2 Å². The van der Waals surface area contributed by atoms with Crippen LogP contribution in [0.4, 0.5) is 35.0 Å². The second-order valence-electron chi connectivity index (χ2n) is 12.4. The van der Waals surface area contributed by atoms with Crippen LogP contribution >= 0.6 is 0 Å². The molecule has 0 aromatic heterocycles. The Morgan fingerprint density at radius 3 is 2.50 bits per heavy atom. The van der Waals surface area contributed by atoms with Gasteiger partial charge in [-0.1, -0.05) is 6.07 Å². The van der Waals surface area contributed by atoms with Gasteiger partial charge in [0.1, 0.15) is 11.4 Å². The van der Waals surface area contributed by atoms with E-state index in [0.29, 0.717) is 11.4 Å². The number of nitrogens with zero attached hydrogens (tertiary/aromatic N) is 3. The molecule has 4 aliphatic rings. The zero-order chi connectivity index (χ0) is 27.0. The number of nitrogens with two attached hydrogens (primary N) is 1. The van der Waals surface area contributed by atoms with Gasteiger partial charge >= 0.3 is 6.09 Å². The first-order chi connectivity index (χ1) is 17.8. The molecule has 6 rings (SSSR count). The van der Waals surface area contributed by atoms with Gasteiger partial charge in [0.15, 0.2) is 0 Å². The minimum atomic E-state index is -2.82. The highest BCUT2D eigenvalue weighted by Crippen LogP contribution is 2.51. The van der Waals surface area contributed by atoms with Crippen molar-refractivity contribution in [1.29, 1.82) is 0 Å². The van der Waals surface area contributed by atoms with Crippen molar-refractivity contribution >= 4 is 23.2 Å². The maximum atomic E-state index is 14.5. The number of ether oxygens (including phenoxy) is 1. The van der Waals surface area contributed by atoms with Crippen LogP contribution in [-0.2, 0) is 10.2 Å². The number of piperidine rings is 1. The van der Waals surface area contributed by atoms with Crippen LogP contribution in [0.2, 0.25) is 0 Å². The zero-order valence-corrected chi connectivity index (χ0v) is 22.1. The molecular formula is C29H35F3N4O2. The predicted octanol–water partition coefficient (Wildman–Crippen LogP) is 5.74. The molecular weight excluding hydrogens is 493 g/mol. The van der Waals surface area contributed by atoms with Gasteiger partial charge < -0.3 is 20.3 Å². The van der Waals surface area contributed by atoms with Gasteiger partial charge in [-0.2, -0.15) is 0 Å². The van der Waals surface area contributed by atoms with E-state index in [9.17, 15) is 18.0 Å². The van der Waals surface area contributed by atoms with Crippen molar-refractivity contribution < 1.29 is 22.7 Å². The molecule has 2 aromatic carbocycles. The highest BCUT2D eigenvalue weighted by Gasteiger charge is 2.50. The maximum absolute atomic E-state index is 14.5. The van der Waals surface area contributed by atoms with Crippen molar-refractivity contribution in [2.24, 2.45) is 5.73 Å². The predicted molar refractivity (Wildman–Crippen MR) is 142 cm³/mol. The average molecular weight is 529 g/mol. The fourth-order valence-electron chi connectivity index (χ4n) is 6.93. The molecule has 0 radical (unpaired) electrons. The summed E-state index contributed by atoms with van der Waals surface area (Å²) in [5, 5.41) is 0. The standard InChI is InChI=1S/C29H35F3N4O2/c1-27(2,3)38-26(37)35-16-20-14-29(31,32)17-36(20)25-13-19(5-7-24(25)35)34-10-8-28(9-11-34)15-23(33)21-6-4-18(30)12-22(21)28/h4-7,12-13,20,23H,8-11,14-17,33H2,1-3H3/t20-,23?/m0/s1. The first-order valence-electron chi connectivity index (χ1n) is 13.4. The molecule has 9 heteroatoms. The van der Waals surface area contributed by atoms with Crippen LogP contribution in [-0.4, -0.2) is 49.8 Å². The number of fused-ring (bicyclic) bond motifs is 5. The van der Waals surface area contributed by atoms with E-state index in [1.165, 1.54) is 11.0 Å². The average Bonchev–Trinajstić information content (AvgIpc) is 3.29. The molecule has 1 spiro atoms. The Bertz CT molecular complexity index is 1270. The third kappa shape index (κ3) is 4.28. The summed E-state index contributed by atoms with van der Waals surface area (Å²) >= 11 is 0. The van der Waals surface area contributed by atoms with Gasteiger partial charge in [0.05, 0.1) is 24.0 Å². The number of halogens is 3. The number of rotatable bonds is 1. The second kappa shape index (κ2) is 8.53. The molecule has 2 N–H and O–H groups in total. The fraction of sp³-hybridized carbons (Fsp3) is 0.552. The third-order valence-electron chi connectivity index (χ3n) is 8.63. The van der Waals surface area contributed by atoms with E-state index in [1.54, 1.807) is 31.7 Å². The minimum absolute atomic E-state index is 0.0894. The Kier molecular flexibility index (Phi) is 5.69. The summed E-state index contributed by atoms with van der Waals surface area (Å²) < 4.78 is 48.8. The Balaban J connectivity index is 1.28. The molecule has 2 aromatic rings. The molecule has 0 saturated carbocycles. The summed E-state index contributed by atoms with van der Waals surface area (Å²) in [4.78, 5) is 18.6. The number of carbonyl (C=O) groups excluding carboxylic acids is 1. The van der Waals surface area contributed by atoms with Gasteiger partial charge in [0.25, 0.3) is 5.92 Å². The lowest BCUT2D eigenvalue weighted by atomic mass is 9.73. The van der Waals surface area contributed by atoms with Crippen LogP contribution in [0.3, 0.4) is 0 Å². The van der Waals surface area contributed by atoms with Crippen LogP contribution in [0.25, 0.3) is 0 Å². The summed E-state index contributed by atoms with van der Waals surface area (Å²) in [6.07, 6.45) is 1.66. The molecule has 2 saturated heterocycles. The number of benzene rings is 2. The molecule has 204 valence electrons. The quantitative estimate of drug-likeness (QED) is 0.512. The molecule has 2 atom stereocenters. The van der Waals surface area contributed by atoms with E-state index >= 15 is 0 Å². The molecule has 6 nitrogen and oxygen atoms in total. The summed E-state index contributed by atoms with van der Waals surface area (Å²) in [5.74, 6) is -3.05. The molecule has 1 amide bonds.